The molecule has 1 aromatic heterocycles. The molecule has 0 unspecified atom stereocenters. The fraction of sp³-hybridized carbons (Fsp3) is 0.406. The van der Waals surface area contributed by atoms with Crippen LogP contribution in [0.15, 0.2) is 60.7 Å². The van der Waals surface area contributed by atoms with E-state index in [0.29, 0.717) is 11.5 Å². The number of halogens is 3. The lowest BCUT2D eigenvalue weighted by atomic mass is 9.88. The van der Waals surface area contributed by atoms with Gasteiger partial charge in [-0.2, -0.15) is 0 Å². The third kappa shape index (κ3) is 5.17. The number of fused-ring (bicyclic) bond motifs is 2. The molecule has 0 bridgehead atoms. The Balaban J connectivity index is 1.05. The van der Waals surface area contributed by atoms with Crippen molar-refractivity contribution in [2.24, 2.45) is 0 Å². The molecule has 0 radical (unpaired) electrons. The number of piperidine rings is 1. The molecule has 2 fully saturated rings. The van der Waals surface area contributed by atoms with Gasteiger partial charge in [-0.25, -0.2) is 18.2 Å². The lowest BCUT2D eigenvalue weighted by Gasteiger charge is -2.35. The fourth-order valence-electron chi connectivity index (χ4n) is 6.21. The number of likely N-dealkylation sites (tertiary alicyclic amines) is 1. The topological polar surface area (TPSA) is 48.8 Å². The maximum atomic E-state index is 14.7. The number of imidazole rings is 1. The van der Waals surface area contributed by atoms with Gasteiger partial charge in [-0.05, 0) is 62.5 Å². The number of benzene rings is 3. The van der Waals surface area contributed by atoms with Crippen LogP contribution in [0.2, 0.25) is 0 Å². The molecule has 2 atom stereocenters. The van der Waals surface area contributed by atoms with Crippen LogP contribution in [0.25, 0.3) is 11.0 Å². The molecule has 3 aromatic carbocycles. The molecule has 214 valence electrons. The molecule has 6 nitrogen and oxygen atoms in total. The zero-order chi connectivity index (χ0) is 27.9. The van der Waals surface area contributed by atoms with Crippen LogP contribution in [0.1, 0.15) is 60.2 Å². The summed E-state index contributed by atoms with van der Waals surface area (Å²) in [6, 6.07) is 17.7. The summed E-state index contributed by atoms with van der Waals surface area (Å²) >= 11 is 0. The van der Waals surface area contributed by atoms with E-state index in [1.807, 2.05) is 18.2 Å². The zero-order valence-corrected chi connectivity index (χ0v) is 22.6. The first kappa shape index (κ1) is 26.3. The molecule has 7 rings (SSSR count). The number of nitrogens with zero attached hydrogens (tertiary/aromatic N) is 3. The summed E-state index contributed by atoms with van der Waals surface area (Å²) in [6.07, 6.45) is -0.219. The van der Waals surface area contributed by atoms with E-state index in [1.54, 1.807) is 0 Å². The van der Waals surface area contributed by atoms with Crippen molar-refractivity contribution in [3.8, 4) is 11.5 Å². The summed E-state index contributed by atoms with van der Waals surface area (Å²) in [5.41, 5.74) is 3.09. The predicted octanol–water partition coefficient (Wildman–Crippen LogP) is 6.79. The van der Waals surface area contributed by atoms with Gasteiger partial charge >= 0.3 is 0 Å². The molecule has 0 spiro atoms. The van der Waals surface area contributed by atoms with Gasteiger partial charge in [-0.15, -0.1) is 0 Å². The van der Waals surface area contributed by atoms with Gasteiger partial charge in [0, 0.05) is 23.3 Å². The van der Waals surface area contributed by atoms with Gasteiger partial charge in [0.2, 0.25) is 0 Å². The van der Waals surface area contributed by atoms with Crippen molar-refractivity contribution in [1.82, 2.24) is 14.5 Å². The minimum absolute atomic E-state index is 0.118. The average Bonchev–Trinajstić information content (AvgIpc) is 3.31. The maximum absolute atomic E-state index is 14.7. The molecule has 4 heterocycles. The van der Waals surface area contributed by atoms with Gasteiger partial charge in [0.1, 0.15) is 18.2 Å². The third-order valence-corrected chi connectivity index (χ3v) is 8.59. The highest BCUT2D eigenvalue weighted by molar-refractivity contribution is 5.75. The highest BCUT2D eigenvalue weighted by Gasteiger charge is 2.32. The number of para-hydroxylation sites is 3. The van der Waals surface area contributed by atoms with Gasteiger partial charge in [0.05, 0.1) is 30.2 Å². The van der Waals surface area contributed by atoms with Crippen molar-refractivity contribution in [3.05, 3.63) is 89.0 Å². The van der Waals surface area contributed by atoms with Crippen LogP contribution in [0.3, 0.4) is 0 Å². The molecule has 4 aromatic rings. The first-order chi connectivity index (χ1) is 20.0. The Morgan fingerprint density at radius 2 is 1.78 bits per heavy atom. The normalized spacial score (nSPS) is 21.4. The molecule has 0 amide bonds. The first-order valence-corrected chi connectivity index (χ1v) is 14.3. The average molecular weight is 564 g/mol. The summed E-state index contributed by atoms with van der Waals surface area (Å²) in [5, 5.41) is 0. The van der Waals surface area contributed by atoms with Crippen LogP contribution in [0.5, 0.6) is 11.5 Å². The second-order valence-corrected chi connectivity index (χ2v) is 11.1. The van der Waals surface area contributed by atoms with Crippen LogP contribution in [-0.2, 0) is 17.8 Å². The van der Waals surface area contributed by atoms with Gasteiger partial charge in [-0.3, -0.25) is 4.90 Å². The van der Waals surface area contributed by atoms with E-state index < -0.39 is 18.3 Å². The van der Waals surface area contributed by atoms with E-state index in [4.69, 9.17) is 19.2 Å². The van der Waals surface area contributed by atoms with E-state index in [0.717, 1.165) is 80.5 Å². The van der Waals surface area contributed by atoms with Gasteiger partial charge < -0.3 is 18.8 Å². The lowest BCUT2D eigenvalue weighted by Crippen LogP contribution is -2.35. The molecule has 41 heavy (non-hydrogen) atoms. The quantitative estimate of drug-likeness (QED) is 0.248. The van der Waals surface area contributed by atoms with Crippen molar-refractivity contribution < 1.29 is 27.4 Å². The first-order valence-electron chi connectivity index (χ1n) is 14.3. The Bertz CT molecular complexity index is 1550. The van der Waals surface area contributed by atoms with Crippen molar-refractivity contribution in [3.63, 3.8) is 0 Å². The second-order valence-electron chi connectivity index (χ2n) is 11.1. The van der Waals surface area contributed by atoms with Crippen LogP contribution in [-0.4, -0.2) is 46.9 Å². The van der Waals surface area contributed by atoms with E-state index in [2.05, 4.69) is 33.7 Å². The zero-order valence-electron chi connectivity index (χ0n) is 22.6. The Kier molecular flexibility index (Phi) is 7.08. The summed E-state index contributed by atoms with van der Waals surface area (Å²) in [4.78, 5) is 7.42. The molecular formula is C32H32F3N3O3. The van der Waals surface area contributed by atoms with Crippen molar-refractivity contribution >= 4 is 11.0 Å². The molecule has 0 aliphatic carbocycles. The minimum Gasteiger partial charge on any atom is -0.485 e. The van der Waals surface area contributed by atoms with Gasteiger partial charge in [-0.1, -0.05) is 36.4 Å². The lowest BCUT2D eigenvalue weighted by molar-refractivity contribution is -0.0592. The van der Waals surface area contributed by atoms with Gasteiger partial charge in [0.15, 0.2) is 17.6 Å². The maximum Gasteiger partial charge on any atom is 0.263 e. The van der Waals surface area contributed by atoms with Crippen molar-refractivity contribution in [1.29, 1.82) is 0 Å². The van der Waals surface area contributed by atoms with E-state index in [1.165, 1.54) is 12.1 Å². The number of hydrogen-bond acceptors (Lipinski definition) is 5. The largest absolute Gasteiger partial charge is 0.485 e. The molecule has 3 aliphatic heterocycles. The number of alkyl halides is 2. The summed E-state index contributed by atoms with van der Waals surface area (Å²) in [6.45, 7) is 4.37. The minimum atomic E-state index is -2.73. The SMILES string of the molecule is Fc1cc(C(F)F)ccc1[C@H]1COc2cccc(C3CCN(Cc4nc5ccccc5n4C[C@@H]4CCO4)CC3)c2O1. The number of rotatable bonds is 7. The van der Waals surface area contributed by atoms with E-state index in [9.17, 15) is 13.2 Å². The van der Waals surface area contributed by atoms with Crippen LogP contribution >= 0.6 is 0 Å². The molecule has 2 saturated heterocycles. The number of ether oxygens (including phenoxy) is 3. The van der Waals surface area contributed by atoms with Gasteiger partial charge in [0.25, 0.3) is 6.43 Å². The standard InChI is InChI=1S/C32H32F3N3O3/c33-25-16-21(32(34)35)8-9-24(25)29-19-40-28-7-3-4-23(31(28)41-29)20-10-13-37(14-11-20)18-30-36-26-5-1-2-6-27(26)38(30)17-22-12-15-39-22/h1-9,16,20,22,29,32H,10-15,17-19H2/t22-,29+/m0/s1. The summed E-state index contributed by atoms with van der Waals surface area (Å²) in [5.74, 6) is 1.88. The van der Waals surface area contributed by atoms with E-state index in [-0.39, 0.29) is 29.8 Å². The number of hydrogen-bond donors (Lipinski definition) is 0. The highest BCUT2D eigenvalue weighted by Crippen LogP contribution is 2.45. The molecular weight excluding hydrogens is 531 g/mol. The summed E-state index contributed by atoms with van der Waals surface area (Å²) < 4.78 is 61.1. The predicted molar refractivity (Wildman–Crippen MR) is 148 cm³/mol. The highest BCUT2D eigenvalue weighted by atomic mass is 19.3. The van der Waals surface area contributed by atoms with Crippen molar-refractivity contribution in [2.75, 3.05) is 26.3 Å². The Labute approximate surface area is 236 Å². The van der Waals surface area contributed by atoms with Crippen LogP contribution < -0.4 is 9.47 Å². The Hall–Kier alpha value is -3.56. The fourth-order valence-corrected chi connectivity index (χ4v) is 6.21. The molecule has 0 N–H and O–H groups in total. The Morgan fingerprint density at radius 1 is 0.951 bits per heavy atom. The van der Waals surface area contributed by atoms with Crippen LogP contribution in [0.4, 0.5) is 13.2 Å². The Morgan fingerprint density at radius 3 is 2.54 bits per heavy atom. The smallest absolute Gasteiger partial charge is 0.263 e. The molecule has 3 aliphatic rings. The van der Waals surface area contributed by atoms with Crippen molar-refractivity contribution in [2.45, 2.75) is 56.9 Å². The van der Waals surface area contributed by atoms with E-state index >= 15 is 0 Å². The molecule has 9 heteroatoms. The second kappa shape index (κ2) is 11.0. The monoisotopic (exact) mass is 563 g/mol. The van der Waals surface area contributed by atoms with Crippen LogP contribution in [0, 0.1) is 5.82 Å². The number of aromatic nitrogens is 2. The molecule has 0 saturated carbocycles. The third-order valence-electron chi connectivity index (χ3n) is 8.59. The summed E-state index contributed by atoms with van der Waals surface area (Å²) in [7, 11) is 0.